The van der Waals surface area contributed by atoms with Gasteiger partial charge in [0.25, 0.3) is 0 Å². The fourth-order valence-corrected chi connectivity index (χ4v) is 2.09. The van der Waals surface area contributed by atoms with E-state index in [1.165, 1.54) is 25.1 Å². The van der Waals surface area contributed by atoms with Crippen molar-refractivity contribution in [2.45, 2.75) is 32.2 Å². The highest BCUT2D eigenvalue weighted by atomic mass is 35.5. The molecule has 1 unspecified atom stereocenters. The van der Waals surface area contributed by atoms with Crippen LogP contribution in [0.3, 0.4) is 0 Å². The Morgan fingerprint density at radius 3 is 2.65 bits per heavy atom. The van der Waals surface area contributed by atoms with Crippen LogP contribution >= 0.6 is 11.6 Å². The van der Waals surface area contributed by atoms with Crippen molar-refractivity contribution in [3.63, 3.8) is 0 Å². The van der Waals surface area contributed by atoms with Crippen LogP contribution in [-0.4, -0.2) is 23.0 Å². The number of halogens is 2. The number of carbonyl (C=O) groups excluding carboxylic acids is 1. The monoisotopic (exact) mass is 299 g/mol. The van der Waals surface area contributed by atoms with E-state index in [0.29, 0.717) is 5.56 Å². The van der Waals surface area contributed by atoms with Gasteiger partial charge in [0, 0.05) is 6.04 Å². The highest BCUT2D eigenvalue weighted by molar-refractivity contribution is 6.30. The molecule has 0 aromatic heterocycles. The fourth-order valence-electron chi connectivity index (χ4n) is 1.88. The van der Waals surface area contributed by atoms with Crippen molar-refractivity contribution in [3.8, 4) is 0 Å². The molecule has 4 nitrogen and oxygen atoms in total. The molecule has 0 spiro atoms. The van der Waals surface area contributed by atoms with Crippen molar-refractivity contribution in [3.05, 3.63) is 34.6 Å². The molecule has 1 aliphatic rings. The van der Waals surface area contributed by atoms with Gasteiger partial charge < -0.3 is 10.4 Å². The third-order valence-corrected chi connectivity index (χ3v) is 3.72. The van der Waals surface area contributed by atoms with E-state index in [2.05, 4.69) is 5.32 Å². The van der Waals surface area contributed by atoms with Crippen LogP contribution in [-0.2, 0) is 16.0 Å². The Bertz CT molecular complexity index is 559. The lowest BCUT2D eigenvalue weighted by Crippen LogP contribution is -2.46. The number of carboxylic acid groups (broad SMARTS) is 1. The third-order valence-electron chi connectivity index (χ3n) is 3.43. The molecule has 1 fully saturated rings. The van der Waals surface area contributed by atoms with Crippen molar-refractivity contribution in [2.75, 3.05) is 0 Å². The quantitative estimate of drug-likeness (QED) is 0.820. The molecular weight excluding hydrogens is 285 g/mol. The van der Waals surface area contributed by atoms with Gasteiger partial charge in [0.1, 0.15) is 11.2 Å². The summed E-state index contributed by atoms with van der Waals surface area (Å²) in [5, 5.41) is 12.0. The van der Waals surface area contributed by atoms with Crippen molar-refractivity contribution in [2.24, 2.45) is 5.41 Å². The highest BCUT2D eigenvalue weighted by Gasteiger charge is 2.43. The summed E-state index contributed by atoms with van der Waals surface area (Å²) >= 11 is 5.67. The van der Waals surface area contributed by atoms with Crippen LogP contribution in [0, 0.1) is 11.2 Å². The van der Waals surface area contributed by atoms with E-state index >= 15 is 0 Å². The van der Waals surface area contributed by atoms with E-state index < -0.39 is 23.1 Å². The molecule has 1 aromatic carbocycles. The first-order valence-electron chi connectivity index (χ1n) is 6.31. The summed E-state index contributed by atoms with van der Waals surface area (Å²) in [4.78, 5) is 23.6. The molecule has 1 atom stereocenters. The van der Waals surface area contributed by atoms with Crippen LogP contribution in [0.4, 0.5) is 4.39 Å². The second-order valence-electron chi connectivity index (χ2n) is 5.31. The predicted molar refractivity (Wildman–Crippen MR) is 72.0 cm³/mol. The number of hydrogen-bond acceptors (Lipinski definition) is 2. The van der Waals surface area contributed by atoms with E-state index in [4.69, 9.17) is 11.6 Å². The molecule has 2 rings (SSSR count). The molecule has 0 aliphatic heterocycles. The minimum absolute atomic E-state index is 0.0408. The predicted octanol–water partition coefficient (Wildman–Crippen LogP) is 2.39. The molecular formula is C14H15ClFNO3. The normalized spacial score (nSPS) is 17.4. The Labute approximate surface area is 120 Å². The van der Waals surface area contributed by atoms with Crippen LogP contribution < -0.4 is 5.32 Å². The van der Waals surface area contributed by atoms with Crippen LogP contribution in [0.25, 0.3) is 0 Å². The molecule has 1 aromatic rings. The second-order valence-corrected chi connectivity index (χ2v) is 5.72. The number of benzene rings is 1. The largest absolute Gasteiger partial charge is 0.480 e. The van der Waals surface area contributed by atoms with Gasteiger partial charge in [-0.25, -0.2) is 4.39 Å². The lowest BCUT2D eigenvalue weighted by molar-refractivity contribution is -0.154. The zero-order valence-corrected chi connectivity index (χ0v) is 11.7. The zero-order valence-electron chi connectivity index (χ0n) is 11.0. The molecule has 1 saturated carbocycles. The van der Waals surface area contributed by atoms with Crippen LogP contribution in [0.15, 0.2) is 18.2 Å². The van der Waals surface area contributed by atoms with Gasteiger partial charge in [-0.15, -0.1) is 0 Å². The maximum Gasteiger partial charge on any atom is 0.319 e. The summed E-state index contributed by atoms with van der Waals surface area (Å²) in [6, 6.07) is 4.03. The van der Waals surface area contributed by atoms with Gasteiger partial charge in [0.2, 0.25) is 5.91 Å². The van der Waals surface area contributed by atoms with Gasteiger partial charge >= 0.3 is 5.97 Å². The Balaban J connectivity index is 2.20. The van der Waals surface area contributed by atoms with Gasteiger partial charge in [0.15, 0.2) is 0 Å². The molecule has 108 valence electrons. The first-order chi connectivity index (χ1) is 9.33. The van der Waals surface area contributed by atoms with Crippen LogP contribution in [0.1, 0.15) is 25.3 Å². The number of hydrogen-bond donors (Lipinski definition) is 2. The third kappa shape index (κ3) is 3.10. The summed E-state index contributed by atoms with van der Waals surface area (Å²) in [5.74, 6) is -2.31. The summed E-state index contributed by atoms with van der Waals surface area (Å²) in [7, 11) is 0. The number of rotatable bonds is 5. The fraction of sp³-hybridized carbons (Fsp3) is 0.429. The van der Waals surface area contributed by atoms with E-state index in [1.807, 2.05) is 0 Å². The Hall–Kier alpha value is -1.62. The van der Waals surface area contributed by atoms with E-state index in [1.54, 1.807) is 0 Å². The van der Waals surface area contributed by atoms with Gasteiger partial charge in [-0.05, 0) is 43.9 Å². The molecule has 0 radical (unpaired) electrons. The summed E-state index contributed by atoms with van der Waals surface area (Å²) in [6.45, 7) is 1.37. The van der Waals surface area contributed by atoms with Crippen LogP contribution in [0.2, 0.25) is 5.02 Å². The van der Waals surface area contributed by atoms with E-state index in [9.17, 15) is 19.1 Å². The number of aliphatic carboxylic acids is 1. The SMILES string of the molecule is CC(Cc1ccc(F)c(Cl)c1)(C(=O)O)C(=O)NC1CC1. The van der Waals surface area contributed by atoms with Gasteiger partial charge in [-0.3, -0.25) is 9.59 Å². The summed E-state index contributed by atoms with van der Waals surface area (Å²) in [6.07, 6.45) is 1.72. The first kappa shape index (κ1) is 14.8. The average molecular weight is 300 g/mol. The highest BCUT2D eigenvalue weighted by Crippen LogP contribution is 2.28. The number of carbonyl (C=O) groups is 2. The maximum absolute atomic E-state index is 13.1. The molecule has 2 N–H and O–H groups in total. The van der Waals surface area contributed by atoms with Gasteiger partial charge in [-0.1, -0.05) is 17.7 Å². The van der Waals surface area contributed by atoms with E-state index in [0.717, 1.165) is 12.8 Å². The van der Waals surface area contributed by atoms with Crippen molar-refractivity contribution in [1.82, 2.24) is 5.32 Å². The number of nitrogens with one attached hydrogen (secondary N) is 1. The minimum atomic E-state index is -1.59. The minimum Gasteiger partial charge on any atom is -0.480 e. The van der Waals surface area contributed by atoms with Gasteiger partial charge in [0.05, 0.1) is 5.02 Å². The smallest absolute Gasteiger partial charge is 0.319 e. The lowest BCUT2D eigenvalue weighted by atomic mass is 9.82. The molecule has 1 aliphatic carbocycles. The number of amides is 1. The van der Waals surface area contributed by atoms with Crippen LogP contribution in [0.5, 0.6) is 0 Å². The molecule has 0 bridgehead atoms. The van der Waals surface area contributed by atoms with Crippen molar-refractivity contribution in [1.29, 1.82) is 0 Å². The summed E-state index contributed by atoms with van der Waals surface area (Å²) < 4.78 is 13.1. The Morgan fingerprint density at radius 1 is 1.50 bits per heavy atom. The average Bonchev–Trinajstić information content (AvgIpc) is 3.17. The first-order valence-corrected chi connectivity index (χ1v) is 6.69. The van der Waals surface area contributed by atoms with Gasteiger partial charge in [-0.2, -0.15) is 0 Å². The van der Waals surface area contributed by atoms with Crippen molar-refractivity contribution >= 4 is 23.5 Å². The molecule has 0 saturated heterocycles. The standard InChI is InChI=1S/C14H15ClFNO3/c1-14(13(19)20,12(18)17-9-3-4-9)7-8-2-5-11(16)10(15)6-8/h2,5-6,9H,3-4,7H2,1H3,(H,17,18)(H,19,20). The molecule has 1 amide bonds. The maximum atomic E-state index is 13.1. The second kappa shape index (κ2) is 5.40. The molecule has 0 heterocycles. The van der Waals surface area contributed by atoms with E-state index in [-0.39, 0.29) is 17.5 Å². The topological polar surface area (TPSA) is 66.4 Å². The number of carboxylic acids is 1. The Kier molecular flexibility index (Phi) is 3.99. The Morgan fingerprint density at radius 2 is 2.15 bits per heavy atom. The van der Waals surface area contributed by atoms with Crippen molar-refractivity contribution < 1.29 is 19.1 Å². The molecule has 6 heteroatoms. The lowest BCUT2D eigenvalue weighted by Gasteiger charge is -2.24. The zero-order chi connectivity index (χ0) is 14.9. The molecule has 20 heavy (non-hydrogen) atoms. The summed E-state index contributed by atoms with van der Waals surface area (Å²) in [5.41, 5.74) is -1.09.